The minimum atomic E-state index is -0.190. The molecule has 0 unspecified atom stereocenters. The van der Waals surface area contributed by atoms with E-state index in [1.54, 1.807) is 7.05 Å². The summed E-state index contributed by atoms with van der Waals surface area (Å²) in [5.41, 5.74) is 2.77. The zero-order valence-electron chi connectivity index (χ0n) is 4.68. The zero-order chi connectivity index (χ0) is 6.41. The second-order valence-electron chi connectivity index (χ2n) is 1.13. The molecule has 0 aliphatic heterocycles. The Balaban J connectivity index is 3.66. The van der Waals surface area contributed by atoms with Gasteiger partial charge in [0, 0.05) is 13.3 Å². The highest BCUT2D eigenvalue weighted by molar-refractivity contribution is 6.29. The minimum absolute atomic E-state index is 0.190. The number of nitrogens with zero attached hydrogens (tertiary/aromatic N) is 1. The second-order valence-corrected chi connectivity index (χ2v) is 1.13. The second kappa shape index (κ2) is 4.26. The Hall–Kier alpha value is -0.900. The number of aliphatic hydroxyl groups is 1. The molecule has 0 amide bonds. The van der Waals surface area contributed by atoms with Crippen LogP contribution in [-0.4, -0.2) is 30.7 Å². The van der Waals surface area contributed by atoms with Gasteiger partial charge in [-0.25, -0.2) is 0 Å². The van der Waals surface area contributed by atoms with Crippen molar-refractivity contribution in [1.29, 1.82) is 5.41 Å². The molecule has 0 aliphatic carbocycles. The third-order valence-corrected chi connectivity index (χ3v) is 0.584. The summed E-state index contributed by atoms with van der Waals surface area (Å²) in [5.74, 6) is 0. The summed E-state index contributed by atoms with van der Waals surface area (Å²) < 4.78 is 0. The lowest BCUT2D eigenvalue weighted by Crippen LogP contribution is -2.10. The van der Waals surface area contributed by atoms with E-state index in [1.807, 2.05) is 0 Å². The van der Waals surface area contributed by atoms with Crippen LogP contribution in [-0.2, 0) is 0 Å². The molecule has 0 spiro atoms. The molecule has 4 heteroatoms. The summed E-state index contributed by atoms with van der Waals surface area (Å²) in [7, 11) is 1.61. The zero-order valence-corrected chi connectivity index (χ0v) is 4.68. The van der Waals surface area contributed by atoms with E-state index in [1.165, 1.54) is 0 Å². The smallest absolute Gasteiger partial charge is 0.103 e. The Kier molecular flexibility index (Phi) is 3.78. The monoisotopic (exact) mass is 115 g/mol. The number of nitrogens with one attached hydrogen (secondary N) is 2. The van der Waals surface area contributed by atoms with Crippen molar-refractivity contribution < 1.29 is 5.11 Å². The van der Waals surface area contributed by atoms with Gasteiger partial charge in [-0.15, -0.1) is 0 Å². The van der Waals surface area contributed by atoms with Crippen LogP contribution < -0.4 is 5.43 Å². The average Bonchev–Trinajstić information content (AvgIpc) is 1.83. The van der Waals surface area contributed by atoms with E-state index in [2.05, 4.69) is 10.5 Å². The van der Waals surface area contributed by atoms with Gasteiger partial charge in [-0.2, -0.15) is 5.10 Å². The number of hydrazone groups is 1. The van der Waals surface area contributed by atoms with Gasteiger partial charge in [0.15, 0.2) is 0 Å². The third-order valence-electron chi connectivity index (χ3n) is 0.584. The van der Waals surface area contributed by atoms with Gasteiger partial charge in [-0.05, 0) is 0 Å². The molecule has 46 valence electrons. The largest absolute Gasteiger partial charge is 0.390 e. The maximum Gasteiger partial charge on any atom is 0.103 e. The highest BCUT2D eigenvalue weighted by atomic mass is 16.3. The van der Waals surface area contributed by atoms with Crippen LogP contribution in [0.5, 0.6) is 0 Å². The molecule has 0 bridgehead atoms. The van der Waals surface area contributed by atoms with E-state index in [4.69, 9.17) is 10.5 Å². The van der Waals surface area contributed by atoms with Crippen LogP contribution in [0.25, 0.3) is 0 Å². The van der Waals surface area contributed by atoms with E-state index >= 15 is 0 Å². The first kappa shape index (κ1) is 7.10. The Morgan fingerprint density at radius 1 is 2.00 bits per heavy atom. The van der Waals surface area contributed by atoms with Gasteiger partial charge in [0.2, 0.25) is 0 Å². The van der Waals surface area contributed by atoms with Crippen molar-refractivity contribution >= 4 is 11.9 Å². The van der Waals surface area contributed by atoms with Crippen LogP contribution in [0.4, 0.5) is 0 Å². The number of hydrogen-bond acceptors (Lipinski definition) is 4. The van der Waals surface area contributed by atoms with Crippen LogP contribution in [0.2, 0.25) is 0 Å². The lowest BCUT2D eigenvalue weighted by Gasteiger charge is -1.90. The molecule has 8 heavy (non-hydrogen) atoms. The van der Waals surface area contributed by atoms with Gasteiger partial charge in [0.25, 0.3) is 0 Å². The maximum atomic E-state index is 8.34. The Labute approximate surface area is 47.7 Å². The molecule has 0 heterocycles. The molecule has 0 aromatic carbocycles. The predicted octanol–water partition coefficient (Wildman–Crippen LogP) is -0.796. The average molecular weight is 115 g/mol. The number of rotatable bonds is 3. The Morgan fingerprint density at radius 2 is 2.62 bits per heavy atom. The summed E-state index contributed by atoms with van der Waals surface area (Å²) in [5, 5.41) is 18.5. The molecule has 0 atom stereocenters. The SMILES string of the molecule is CN/N=C(\C=N)CO. The first-order chi connectivity index (χ1) is 3.85. The summed E-state index contributed by atoms with van der Waals surface area (Å²) in [4.78, 5) is 0. The van der Waals surface area contributed by atoms with Crippen molar-refractivity contribution in [2.75, 3.05) is 13.7 Å². The van der Waals surface area contributed by atoms with Crippen molar-refractivity contribution in [1.82, 2.24) is 5.43 Å². The molecule has 3 N–H and O–H groups in total. The fourth-order valence-corrected chi connectivity index (χ4v) is 0.257. The van der Waals surface area contributed by atoms with Crippen LogP contribution in [0, 0.1) is 5.41 Å². The molecule has 0 aromatic rings. The molecular weight excluding hydrogens is 106 g/mol. The van der Waals surface area contributed by atoms with Gasteiger partial charge in [-0.1, -0.05) is 0 Å². The fourth-order valence-electron chi connectivity index (χ4n) is 0.257. The van der Waals surface area contributed by atoms with Crippen LogP contribution in [0.15, 0.2) is 5.10 Å². The topological polar surface area (TPSA) is 68.5 Å². The van der Waals surface area contributed by atoms with Crippen molar-refractivity contribution in [3.8, 4) is 0 Å². The van der Waals surface area contributed by atoms with Crippen LogP contribution in [0.1, 0.15) is 0 Å². The molecule has 0 saturated heterocycles. The first-order valence-electron chi connectivity index (χ1n) is 2.19. The molecule has 0 aliphatic rings. The van der Waals surface area contributed by atoms with Crippen LogP contribution >= 0.6 is 0 Å². The van der Waals surface area contributed by atoms with Crippen molar-refractivity contribution in [2.24, 2.45) is 5.10 Å². The molecule has 0 rings (SSSR count). The van der Waals surface area contributed by atoms with E-state index in [0.717, 1.165) is 6.21 Å². The van der Waals surface area contributed by atoms with E-state index < -0.39 is 0 Å². The lowest BCUT2D eigenvalue weighted by molar-refractivity contribution is 0.358. The number of aliphatic hydroxyl groups excluding tert-OH is 1. The van der Waals surface area contributed by atoms with Gasteiger partial charge in [-0.3, -0.25) is 0 Å². The first-order valence-corrected chi connectivity index (χ1v) is 2.19. The summed E-state index contributed by atoms with van der Waals surface area (Å²) >= 11 is 0. The Bertz CT molecular complexity index is 99.5. The highest BCUT2D eigenvalue weighted by Crippen LogP contribution is 1.65. The summed E-state index contributed by atoms with van der Waals surface area (Å²) in [6.45, 7) is -0.190. The van der Waals surface area contributed by atoms with Crippen molar-refractivity contribution in [2.45, 2.75) is 0 Å². The van der Waals surface area contributed by atoms with Crippen LogP contribution in [0.3, 0.4) is 0 Å². The molecule has 0 aromatic heterocycles. The Morgan fingerprint density at radius 3 is 2.75 bits per heavy atom. The predicted molar refractivity (Wildman–Crippen MR) is 32.4 cm³/mol. The van der Waals surface area contributed by atoms with Gasteiger partial charge in [0.1, 0.15) is 5.71 Å². The third kappa shape index (κ3) is 2.30. The van der Waals surface area contributed by atoms with Gasteiger partial charge in [0.05, 0.1) is 6.61 Å². The van der Waals surface area contributed by atoms with E-state index in [0.29, 0.717) is 5.71 Å². The normalized spacial score (nSPS) is 11.0. The quantitative estimate of drug-likeness (QED) is 0.333. The highest BCUT2D eigenvalue weighted by Gasteiger charge is 1.85. The molecule has 4 nitrogen and oxygen atoms in total. The van der Waals surface area contributed by atoms with Gasteiger partial charge < -0.3 is 15.9 Å². The lowest BCUT2D eigenvalue weighted by atomic mass is 10.4. The standard InChI is InChI=1S/C4H9N3O/c1-6-7-4(2-5)3-8/h2,5-6,8H,3H2,1H3/b5-2?,7-4+. The van der Waals surface area contributed by atoms with Crippen molar-refractivity contribution in [3.63, 3.8) is 0 Å². The molecular formula is C4H9N3O. The molecule has 0 saturated carbocycles. The van der Waals surface area contributed by atoms with E-state index in [9.17, 15) is 0 Å². The summed E-state index contributed by atoms with van der Waals surface area (Å²) in [6, 6.07) is 0. The van der Waals surface area contributed by atoms with E-state index in [-0.39, 0.29) is 6.61 Å². The molecule has 0 radical (unpaired) electrons. The number of hydrogen-bond donors (Lipinski definition) is 3. The van der Waals surface area contributed by atoms with Gasteiger partial charge >= 0.3 is 0 Å². The summed E-state index contributed by atoms with van der Waals surface area (Å²) in [6.07, 6.45) is 0.997. The van der Waals surface area contributed by atoms with Crippen molar-refractivity contribution in [3.05, 3.63) is 0 Å². The minimum Gasteiger partial charge on any atom is -0.390 e. The fraction of sp³-hybridized carbons (Fsp3) is 0.500. The molecule has 0 fully saturated rings. The maximum absolute atomic E-state index is 8.34.